The summed E-state index contributed by atoms with van der Waals surface area (Å²) in [5.74, 6) is 3.39. The molecule has 0 spiro atoms. The molecule has 0 aliphatic heterocycles. The van der Waals surface area contributed by atoms with Gasteiger partial charge in [0.25, 0.3) is 0 Å². The Morgan fingerprint density at radius 1 is 1.11 bits per heavy atom. The van der Waals surface area contributed by atoms with Crippen LogP contribution in [0.15, 0.2) is 64.7 Å². The SMILES string of the molecule is N#Cc1ccc(SCc2ccc(C(F)(F)C(O)(CN(N)/C=N\N)c3ccc(F)cc3F)nc2)c(F)c1. The Bertz CT molecular complexity index is 1300. The molecule has 0 bridgehead atoms. The number of thioether (sulfide) groups is 1. The van der Waals surface area contributed by atoms with Crippen LogP contribution in [0.4, 0.5) is 22.0 Å². The minimum Gasteiger partial charge on any atom is -0.377 e. The van der Waals surface area contributed by atoms with Crippen LogP contribution in [-0.4, -0.2) is 28.0 Å². The predicted molar refractivity (Wildman–Crippen MR) is 123 cm³/mol. The van der Waals surface area contributed by atoms with Crippen molar-refractivity contribution < 1.29 is 27.1 Å². The third-order valence-electron chi connectivity index (χ3n) is 5.12. The molecule has 0 amide bonds. The van der Waals surface area contributed by atoms with Crippen molar-refractivity contribution in [3.8, 4) is 6.07 Å². The fourth-order valence-corrected chi connectivity index (χ4v) is 4.18. The van der Waals surface area contributed by atoms with Crippen LogP contribution in [0.3, 0.4) is 0 Å². The van der Waals surface area contributed by atoms with Gasteiger partial charge in [0.2, 0.25) is 0 Å². The van der Waals surface area contributed by atoms with Gasteiger partial charge in [-0.1, -0.05) is 6.07 Å². The van der Waals surface area contributed by atoms with Crippen LogP contribution in [0, 0.1) is 28.8 Å². The van der Waals surface area contributed by atoms with Crippen molar-refractivity contribution in [2.24, 2.45) is 16.8 Å². The summed E-state index contributed by atoms with van der Waals surface area (Å²) in [6.07, 6.45) is 1.83. The van der Waals surface area contributed by atoms with Gasteiger partial charge in [0.05, 0.1) is 18.2 Å². The molecule has 7 nitrogen and oxygen atoms in total. The molecule has 1 unspecified atom stereocenters. The highest BCUT2D eigenvalue weighted by Gasteiger charge is 2.58. The van der Waals surface area contributed by atoms with Crippen molar-refractivity contribution in [2.75, 3.05) is 6.54 Å². The van der Waals surface area contributed by atoms with Gasteiger partial charge in [-0.15, -0.1) is 11.8 Å². The van der Waals surface area contributed by atoms with Gasteiger partial charge < -0.3 is 10.9 Å². The van der Waals surface area contributed by atoms with Gasteiger partial charge in [0.1, 0.15) is 29.5 Å². The molecule has 0 saturated heterocycles. The van der Waals surface area contributed by atoms with Crippen LogP contribution in [0.25, 0.3) is 0 Å². The number of nitriles is 1. The summed E-state index contributed by atoms with van der Waals surface area (Å²) in [6, 6.07) is 9.73. The first-order valence-corrected chi connectivity index (χ1v) is 11.1. The first-order chi connectivity index (χ1) is 17.0. The van der Waals surface area contributed by atoms with Crippen LogP contribution in [0.1, 0.15) is 22.4 Å². The van der Waals surface area contributed by atoms with Crippen LogP contribution in [0.5, 0.6) is 0 Å². The Hall–Kier alpha value is -3.73. The number of benzene rings is 2. The van der Waals surface area contributed by atoms with E-state index in [-0.39, 0.29) is 16.2 Å². The van der Waals surface area contributed by atoms with Crippen molar-refractivity contribution in [1.29, 1.82) is 5.26 Å². The van der Waals surface area contributed by atoms with Crippen LogP contribution < -0.4 is 11.7 Å². The maximum atomic E-state index is 15.7. The lowest BCUT2D eigenvalue weighted by Gasteiger charge is -2.37. The first-order valence-electron chi connectivity index (χ1n) is 10.1. The average Bonchev–Trinajstić information content (AvgIpc) is 2.83. The minimum absolute atomic E-state index is 0.155. The summed E-state index contributed by atoms with van der Waals surface area (Å²) in [5.41, 5.74) is -4.56. The lowest BCUT2D eigenvalue weighted by atomic mass is 9.84. The maximum Gasteiger partial charge on any atom is 0.323 e. The number of aromatic nitrogens is 1. The number of pyridine rings is 1. The predicted octanol–water partition coefficient (Wildman–Crippen LogP) is 3.72. The Morgan fingerprint density at radius 3 is 2.44 bits per heavy atom. The summed E-state index contributed by atoms with van der Waals surface area (Å²) < 4.78 is 73.3. The number of hydrogen-bond acceptors (Lipinski definition) is 7. The number of hydrogen-bond donors (Lipinski definition) is 3. The van der Waals surface area contributed by atoms with Gasteiger partial charge in [-0.25, -0.2) is 19.0 Å². The highest BCUT2D eigenvalue weighted by atomic mass is 32.2. The molecular formula is C23H19F5N6OS. The summed E-state index contributed by atoms with van der Waals surface area (Å²) >= 11 is 1.06. The van der Waals surface area contributed by atoms with Gasteiger partial charge in [-0.05, 0) is 42.0 Å². The average molecular weight is 523 g/mol. The molecule has 1 atom stereocenters. The second-order valence-corrected chi connectivity index (χ2v) is 8.61. The third-order valence-corrected chi connectivity index (χ3v) is 6.24. The molecule has 2 aromatic carbocycles. The number of rotatable bonds is 9. The molecule has 3 aromatic rings. The van der Waals surface area contributed by atoms with E-state index in [4.69, 9.17) is 16.9 Å². The number of aliphatic hydroxyl groups is 1. The largest absolute Gasteiger partial charge is 0.377 e. The smallest absolute Gasteiger partial charge is 0.323 e. The first kappa shape index (κ1) is 26.9. The van der Waals surface area contributed by atoms with E-state index in [2.05, 4.69) is 10.1 Å². The lowest BCUT2D eigenvalue weighted by Crippen LogP contribution is -2.53. The number of halogens is 5. The quantitative estimate of drug-likeness (QED) is 0.0977. The van der Waals surface area contributed by atoms with Gasteiger partial charge in [-0.2, -0.15) is 19.1 Å². The minimum atomic E-state index is -4.23. The molecule has 0 fully saturated rings. The van der Waals surface area contributed by atoms with E-state index in [0.29, 0.717) is 28.8 Å². The number of hydrazone groups is 1. The molecule has 0 radical (unpaired) electrons. The topological polar surface area (TPSA) is 125 Å². The Morgan fingerprint density at radius 2 is 1.86 bits per heavy atom. The zero-order valence-electron chi connectivity index (χ0n) is 18.4. The van der Waals surface area contributed by atoms with Gasteiger partial charge in [-0.3, -0.25) is 9.99 Å². The van der Waals surface area contributed by atoms with Crippen molar-refractivity contribution >= 4 is 18.1 Å². The van der Waals surface area contributed by atoms with Crippen molar-refractivity contribution in [3.63, 3.8) is 0 Å². The Kier molecular flexibility index (Phi) is 8.13. The molecule has 1 aromatic heterocycles. The summed E-state index contributed by atoms with van der Waals surface area (Å²) in [7, 11) is 0. The van der Waals surface area contributed by atoms with E-state index < -0.39 is 46.8 Å². The molecule has 0 saturated carbocycles. The summed E-state index contributed by atoms with van der Waals surface area (Å²) in [5, 5.41) is 23.5. The lowest BCUT2D eigenvalue weighted by molar-refractivity contribution is -0.203. The molecule has 13 heteroatoms. The van der Waals surface area contributed by atoms with E-state index in [1.807, 2.05) is 6.07 Å². The highest BCUT2D eigenvalue weighted by Crippen LogP contribution is 2.46. The third kappa shape index (κ3) is 5.56. The molecule has 5 N–H and O–H groups in total. The zero-order chi connectivity index (χ0) is 26.5. The molecular weight excluding hydrogens is 503 g/mol. The van der Waals surface area contributed by atoms with Crippen LogP contribution >= 0.6 is 11.8 Å². The van der Waals surface area contributed by atoms with E-state index in [0.717, 1.165) is 36.4 Å². The number of alkyl halides is 2. The molecule has 188 valence electrons. The number of nitrogens with two attached hydrogens (primary N) is 2. The monoisotopic (exact) mass is 522 g/mol. The molecule has 3 rings (SSSR count). The van der Waals surface area contributed by atoms with Gasteiger partial charge in [0, 0.05) is 28.5 Å². The van der Waals surface area contributed by atoms with Gasteiger partial charge in [0.15, 0.2) is 5.60 Å². The zero-order valence-corrected chi connectivity index (χ0v) is 19.2. The molecule has 0 aliphatic rings. The van der Waals surface area contributed by atoms with Crippen molar-refractivity contribution in [2.45, 2.75) is 22.2 Å². The standard InChI is InChI=1S/C23H19F5N6OS/c24-16-3-4-17(18(25)8-16)22(35,12-34(31)13-33-30)23(27,28)21-6-2-15(10-32-21)11-36-20-5-1-14(9-29)7-19(20)26/h1-8,10,13,35H,11-12,30-31H2/b33-13-. The van der Waals surface area contributed by atoms with Gasteiger partial charge >= 0.3 is 5.92 Å². The fourth-order valence-electron chi connectivity index (χ4n) is 3.33. The van der Waals surface area contributed by atoms with E-state index in [9.17, 15) is 18.3 Å². The molecule has 1 heterocycles. The fraction of sp³-hybridized carbons (Fsp3) is 0.174. The highest BCUT2D eigenvalue weighted by molar-refractivity contribution is 7.98. The van der Waals surface area contributed by atoms with Crippen molar-refractivity contribution in [1.82, 2.24) is 9.99 Å². The summed E-state index contributed by atoms with van der Waals surface area (Å²) in [6.45, 7) is -1.08. The second kappa shape index (κ2) is 10.9. The number of nitrogens with zero attached hydrogens (tertiary/aromatic N) is 4. The normalized spacial score (nSPS) is 13.4. The molecule has 0 aliphatic carbocycles. The molecule has 36 heavy (non-hydrogen) atoms. The van der Waals surface area contributed by atoms with E-state index in [1.165, 1.54) is 18.2 Å². The summed E-state index contributed by atoms with van der Waals surface area (Å²) in [4.78, 5) is 3.97. The van der Waals surface area contributed by atoms with Crippen LogP contribution in [0.2, 0.25) is 0 Å². The Balaban J connectivity index is 1.90. The maximum absolute atomic E-state index is 15.7. The van der Waals surface area contributed by atoms with Crippen molar-refractivity contribution in [3.05, 3.63) is 94.6 Å². The van der Waals surface area contributed by atoms with E-state index >= 15 is 8.78 Å². The number of hydrazine groups is 1. The Labute approximate surface area is 206 Å². The van der Waals surface area contributed by atoms with Crippen LogP contribution in [-0.2, 0) is 17.3 Å². The second-order valence-electron chi connectivity index (χ2n) is 7.59. The van der Waals surface area contributed by atoms with E-state index in [1.54, 1.807) is 0 Å².